The Labute approximate surface area is 151 Å². The van der Waals surface area contributed by atoms with Gasteiger partial charge < -0.3 is 14.2 Å². The zero-order valence-corrected chi connectivity index (χ0v) is 14.5. The molecule has 0 saturated heterocycles. The van der Waals surface area contributed by atoms with Gasteiger partial charge in [-0.25, -0.2) is 9.18 Å². The molecule has 0 saturated carbocycles. The van der Waals surface area contributed by atoms with Crippen LogP contribution in [0.5, 0.6) is 11.5 Å². The average Bonchev–Trinajstić information content (AvgIpc) is 2.65. The highest BCUT2D eigenvalue weighted by atomic mass is 19.1. The van der Waals surface area contributed by atoms with Crippen molar-refractivity contribution in [3.63, 3.8) is 0 Å². The van der Waals surface area contributed by atoms with Crippen molar-refractivity contribution < 1.29 is 28.2 Å². The minimum atomic E-state index is -0.678. The van der Waals surface area contributed by atoms with Crippen molar-refractivity contribution in [3.05, 3.63) is 65.5 Å². The molecular weight excluding hydrogens is 339 g/mol. The minimum absolute atomic E-state index is 0.0239. The molecule has 2 rings (SSSR count). The molecule has 0 spiro atoms. The SMILES string of the molecule is CCOc1ccc(/C=C/C(=O)OCC(=O)c2cc(F)ccc2OC)cc1. The maximum atomic E-state index is 13.3. The molecule has 2 aromatic rings. The van der Waals surface area contributed by atoms with Crippen LogP contribution in [0.1, 0.15) is 22.8 Å². The van der Waals surface area contributed by atoms with Crippen molar-refractivity contribution >= 4 is 17.8 Å². The van der Waals surface area contributed by atoms with Gasteiger partial charge in [0, 0.05) is 6.08 Å². The second-order valence-corrected chi connectivity index (χ2v) is 5.21. The molecule has 0 unspecified atom stereocenters. The number of halogens is 1. The maximum Gasteiger partial charge on any atom is 0.331 e. The van der Waals surface area contributed by atoms with Crippen LogP contribution in [0.3, 0.4) is 0 Å². The number of hydrogen-bond donors (Lipinski definition) is 0. The van der Waals surface area contributed by atoms with E-state index in [9.17, 15) is 14.0 Å². The van der Waals surface area contributed by atoms with Gasteiger partial charge in [-0.1, -0.05) is 12.1 Å². The Balaban J connectivity index is 1.92. The number of Topliss-reactive ketones (excluding diaryl/α,β-unsaturated/α-hetero) is 1. The summed E-state index contributed by atoms with van der Waals surface area (Å²) in [7, 11) is 1.37. The van der Waals surface area contributed by atoms with Crippen molar-refractivity contribution in [2.24, 2.45) is 0 Å². The van der Waals surface area contributed by atoms with Crippen LogP contribution in [0.4, 0.5) is 4.39 Å². The summed E-state index contributed by atoms with van der Waals surface area (Å²) in [6.45, 7) is 1.96. The maximum absolute atomic E-state index is 13.3. The van der Waals surface area contributed by atoms with Crippen molar-refractivity contribution in [2.75, 3.05) is 20.3 Å². The van der Waals surface area contributed by atoms with Crippen LogP contribution in [-0.2, 0) is 9.53 Å². The van der Waals surface area contributed by atoms with E-state index >= 15 is 0 Å². The number of methoxy groups -OCH3 is 1. The van der Waals surface area contributed by atoms with E-state index in [0.717, 1.165) is 17.4 Å². The third-order valence-corrected chi connectivity index (χ3v) is 3.41. The normalized spacial score (nSPS) is 10.6. The quantitative estimate of drug-likeness (QED) is 0.409. The lowest BCUT2D eigenvalue weighted by Gasteiger charge is -2.07. The van der Waals surface area contributed by atoms with Crippen molar-refractivity contribution in [1.29, 1.82) is 0 Å². The Morgan fingerprint density at radius 3 is 2.50 bits per heavy atom. The topological polar surface area (TPSA) is 61.8 Å². The highest BCUT2D eigenvalue weighted by Gasteiger charge is 2.15. The van der Waals surface area contributed by atoms with Crippen molar-refractivity contribution in [1.82, 2.24) is 0 Å². The lowest BCUT2D eigenvalue weighted by molar-refractivity contribution is -0.136. The Hall–Kier alpha value is -3.15. The molecule has 0 aliphatic carbocycles. The predicted molar refractivity (Wildman–Crippen MR) is 94.9 cm³/mol. The van der Waals surface area contributed by atoms with E-state index in [0.29, 0.717) is 6.61 Å². The molecule has 0 radical (unpaired) electrons. The molecule has 2 aromatic carbocycles. The molecule has 5 nitrogen and oxygen atoms in total. The van der Waals surface area contributed by atoms with Crippen molar-refractivity contribution in [3.8, 4) is 11.5 Å². The summed E-state index contributed by atoms with van der Waals surface area (Å²) in [4.78, 5) is 23.8. The zero-order chi connectivity index (χ0) is 18.9. The minimum Gasteiger partial charge on any atom is -0.496 e. The first-order valence-corrected chi connectivity index (χ1v) is 7.98. The lowest BCUT2D eigenvalue weighted by Crippen LogP contribution is -2.13. The molecule has 0 aromatic heterocycles. The highest BCUT2D eigenvalue weighted by molar-refractivity contribution is 6.01. The number of esters is 1. The Morgan fingerprint density at radius 1 is 1.12 bits per heavy atom. The Morgan fingerprint density at radius 2 is 1.85 bits per heavy atom. The third-order valence-electron chi connectivity index (χ3n) is 3.41. The number of carbonyl (C=O) groups excluding carboxylic acids is 2. The third kappa shape index (κ3) is 5.44. The number of hydrogen-bond acceptors (Lipinski definition) is 5. The molecular formula is C20H19FO5. The summed E-state index contributed by atoms with van der Waals surface area (Å²) < 4.78 is 28.5. The first-order valence-electron chi connectivity index (χ1n) is 7.98. The van der Waals surface area contributed by atoms with E-state index in [1.54, 1.807) is 30.3 Å². The van der Waals surface area contributed by atoms with Gasteiger partial charge in [-0.3, -0.25) is 4.79 Å². The second kappa shape index (κ2) is 9.36. The Kier molecular flexibility index (Phi) is 6.91. The summed E-state index contributed by atoms with van der Waals surface area (Å²) in [6.07, 6.45) is 2.77. The molecule has 0 fully saturated rings. The molecule has 136 valence electrons. The highest BCUT2D eigenvalue weighted by Crippen LogP contribution is 2.20. The molecule has 0 atom stereocenters. The molecule has 6 heteroatoms. The fourth-order valence-corrected chi connectivity index (χ4v) is 2.17. The van der Waals surface area contributed by atoms with Gasteiger partial charge in [0.25, 0.3) is 0 Å². The van der Waals surface area contributed by atoms with E-state index in [4.69, 9.17) is 14.2 Å². The number of ketones is 1. The van der Waals surface area contributed by atoms with E-state index in [-0.39, 0.29) is 11.3 Å². The second-order valence-electron chi connectivity index (χ2n) is 5.21. The molecule has 0 aliphatic heterocycles. The molecule has 0 bridgehead atoms. The zero-order valence-electron chi connectivity index (χ0n) is 14.5. The summed E-state index contributed by atoms with van der Waals surface area (Å²) in [5.74, 6) is -0.845. The predicted octanol–water partition coefficient (Wildman–Crippen LogP) is 3.67. The van der Waals surface area contributed by atoms with Gasteiger partial charge in [0.05, 0.1) is 19.3 Å². The first kappa shape index (κ1) is 19.2. The standard InChI is InChI=1S/C20H19FO5/c1-3-25-16-8-4-14(5-9-16)6-11-20(23)26-13-18(22)17-12-15(21)7-10-19(17)24-2/h4-12H,3,13H2,1-2H3/b11-6+. The number of carbonyl (C=O) groups is 2. The first-order chi connectivity index (χ1) is 12.5. The van der Waals surface area contributed by atoms with Gasteiger partial charge in [0.2, 0.25) is 5.78 Å². The van der Waals surface area contributed by atoms with Crippen LogP contribution in [0.2, 0.25) is 0 Å². The fraction of sp³-hybridized carbons (Fsp3) is 0.200. The lowest BCUT2D eigenvalue weighted by atomic mass is 10.1. The van der Waals surface area contributed by atoms with Gasteiger partial charge in [0.1, 0.15) is 17.3 Å². The number of rotatable bonds is 8. The van der Waals surface area contributed by atoms with E-state index in [2.05, 4.69) is 0 Å². The fourth-order valence-electron chi connectivity index (χ4n) is 2.17. The molecule has 26 heavy (non-hydrogen) atoms. The summed E-state index contributed by atoms with van der Waals surface area (Å²) in [6, 6.07) is 10.7. The molecule has 0 N–H and O–H groups in total. The molecule has 0 amide bonds. The number of ether oxygens (including phenoxy) is 3. The monoisotopic (exact) mass is 358 g/mol. The van der Waals surface area contributed by atoms with Crippen LogP contribution in [0.25, 0.3) is 6.08 Å². The molecule has 0 heterocycles. The number of benzene rings is 2. The van der Waals surface area contributed by atoms with Crippen LogP contribution in [-0.4, -0.2) is 32.1 Å². The largest absolute Gasteiger partial charge is 0.496 e. The van der Waals surface area contributed by atoms with Gasteiger partial charge >= 0.3 is 5.97 Å². The van der Waals surface area contributed by atoms with Gasteiger partial charge in [-0.15, -0.1) is 0 Å². The molecule has 0 aliphatic rings. The summed E-state index contributed by atoms with van der Waals surface area (Å²) in [5, 5.41) is 0. The van der Waals surface area contributed by atoms with E-state index < -0.39 is 24.2 Å². The Bertz CT molecular complexity index is 796. The average molecular weight is 358 g/mol. The van der Waals surface area contributed by atoms with Crippen LogP contribution in [0.15, 0.2) is 48.5 Å². The van der Waals surface area contributed by atoms with E-state index in [1.165, 1.54) is 25.3 Å². The van der Waals surface area contributed by atoms with Gasteiger partial charge in [-0.05, 0) is 48.9 Å². The van der Waals surface area contributed by atoms with Gasteiger partial charge in [-0.2, -0.15) is 0 Å². The summed E-state index contributed by atoms with van der Waals surface area (Å²) in [5.41, 5.74) is 0.805. The van der Waals surface area contributed by atoms with Crippen LogP contribution in [0, 0.1) is 5.82 Å². The van der Waals surface area contributed by atoms with Crippen LogP contribution >= 0.6 is 0 Å². The van der Waals surface area contributed by atoms with E-state index in [1.807, 2.05) is 6.92 Å². The van der Waals surface area contributed by atoms with Crippen LogP contribution < -0.4 is 9.47 Å². The summed E-state index contributed by atoms with van der Waals surface area (Å²) >= 11 is 0. The van der Waals surface area contributed by atoms with Crippen molar-refractivity contribution in [2.45, 2.75) is 6.92 Å². The van der Waals surface area contributed by atoms with Gasteiger partial charge in [0.15, 0.2) is 6.61 Å². The smallest absolute Gasteiger partial charge is 0.331 e.